The molecule has 1 aliphatic rings. The number of carbonyl (C=O) groups is 2. The van der Waals surface area contributed by atoms with Crippen molar-refractivity contribution in [2.24, 2.45) is 0 Å². The second kappa shape index (κ2) is 11.2. The van der Waals surface area contributed by atoms with Crippen LogP contribution in [0, 0.1) is 10.1 Å². The number of aromatic nitrogens is 2. The SMILES string of the molecule is O=C(Nc1ccc(-c2cnc3cc(C4=CCNCC4)ccn23)cc1)c1ccc([N+](=O)[O-])o1.O=C(O)C(F)(F)F. The summed E-state index contributed by atoms with van der Waals surface area (Å²) < 4.78 is 38.7. The van der Waals surface area contributed by atoms with Gasteiger partial charge in [-0.15, -0.1) is 0 Å². The third-order valence-corrected chi connectivity index (χ3v) is 5.62. The molecule has 0 saturated carbocycles. The largest absolute Gasteiger partial charge is 0.490 e. The maximum absolute atomic E-state index is 12.3. The number of nitro groups is 1. The van der Waals surface area contributed by atoms with Gasteiger partial charge in [0, 0.05) is 24.0 Å². The van der Waals surface area contributed by atoms with Crippen molar-refractivity contribution in [3.05, 3.63) is 88.4 Å². The third kappa shape index (κ3) is 6.48. The van der Waals surface area contributed by atoms with Crippen LogP contribution in [0.3, 0.4) is 0 Å². The van der Waals surface area contributed by atoms with Gasteiger partial charge in [-0.25, -0.2) is 9.78 Å². The lowest BCUT2D eigenvalue weighted by molar-refractivity contribution is -0.402. The minimum absolute atomic E-state index is 0.123. The number of pyridine rings is 1. The molecule has 5 rings (SSSR count). The highest BCUT2D eigenvalue weighted by atomic mass is 19.4. The number of carboxylic acid groups (broad SMARTS) is 1. The Kier molecular flexibility index (Phi) is 7.76. The summed E-state index contributed by atoms with van der Waals surface area (Å²) in [5, 5.41) is 23.8. The first-order valence-electron chi connectivity index (χ1n) is 11.4. The third-order valence-electron chi connectivity index (χ3n) is 5.62. The fraction of sp³-hybridized carbons (Fsp3) is 0.160. The number of hydrogen-bond donors (Lipinski definition) is 3. The normalized spacial score (nSPS) is 13.3. The number of alkyl halides is 3. The first-order chi connectivity index (χ1) is 18.5. The summed E-state index contributed by atoms with van der Waals surface area (Å²) in [5.74, 6) is -3.91. The molecular formula is C25H20F3N5O6. The molecule has 4 aromatic rings. The number of nitrogens with zero attached hydrogens (tertiary/aromatic N) is 3. The van der Waals surface area contributed by atoms with Gasteiger partial charge >= 0.3 is 18.0 Å². The van der Waals surface area contributed by atoms with Crippen LogP contribution in [0.5, 0.6) is 0 Å². The minimum Gasteiger partial charge on any atom is -0.475 e. The van der Waals surface area contributed by atoms with Crippen molar-refractivity contribution in [3.8, 4) is 11.3 Å². The smallest absolute Gasteiger partial charge is 0.475 e. The molecule has 1 aliphatic heterocycles. The van der Waals surface area contributed by atoms with Crippen LogP contribution in [0.4, 0.5) is 24.7 Å². The lowest BCUT2D eigenvalue weighted by Gasteiger charge is -2.14. The minimum atomic E-state index is -5.08. The number of carbonyl (C=O) groups excluding carboxylic acids is 1. The monoisotopic (exact) mass is 543 g/mol. The zero-order valence-electron chi connectivity index (χ0n) is 19.9. The summed E-state index contributed by atoms with van der Waals surface area (Å²) in [7, 11) is 0. The molecule has 14 heteroatoms. The van der Waals surface area contributed by atoms with Gasteiger partial charge < -0.3 is 20.2 Å². The molecule has 3 aromatic heterocycles. The Morgan fingerprint density at radius 1 is 1.13 bits per heavy atom. The van der Waals surface area contributed by atoms with Crippen molar-refractivity contribution in [3.63, 3.8) is 0 Å². The van der Waals surface area contributed by atoms with E-state index in [2.05, 4.69) is 33.8 Å². The number of furan rings is 1. The standard InChI is InChI=1S/C23H19N5O4.C2HF3O2/c29-23(20-5-6-22(32-20)28(30)31)26-18-3-1-16(2-4-18)19-14-25-21-13-17(9-12-27(19)21)15-7-10-24-11-8-15;3-2(4,5)1(6)7/h1-7,9,12-14,24H,8,10-11H2,(H,26,29);(H,6,7). The van der Waals surface area contributed by atoms with Crippen LogP contribution in [0.2, 0.25) is 0 Å². The maximum atomic E-state index is 12.3. The second-order valence-corrected chi connectivity index (χ2v) is 8.20. The average Bonchev–Trinajstić information content (AvgIpc) is 3.57. The molecule has 1 aromatic carbocycles. The topological polar surface area (TPSA) is 152 Å². The fourth-order valence-corrected chi connectivity index (χ4v) is 3.74. The van der Waals surface area contributed by atoms with E-state index in [1.807, 2.05) is 28.9 Å². The van der Waals surface area contributed by atoms with Crippen LogP contribution in [0.15, 0.2) is 71.4 Å². The van der Waals surface area contributed by atoms with Crippen LogP contribution in [0.25, 0.3) is 22.5 Å². The zero-order valence-corrected chi connectivity index (χ0v) is 19.9. The van der Waals surface area contributed by atoms with Gasteiger partial charge in [-0.05, 0) is 54.4 Å². The molecule has 0 radical (unpaired) electrons. The maximum Gasteiger partial charge on any atom is 0.490 e. The van der Waals surface area contributed by atoms with Gasteiger partial charge in [0.25, 0.3) is 5.91 Å². The Hall–Kier alpha value is -4.98. The van der Waals surface area contributed by atoms with E-state index in [-0.39, 0.29) is 5.76 Å². The summed E-state index contributed by atoms with van der Waals surface area (Å²) in [6, 6.07) is 13.9. The molecule has 0 aliphatic carbocycles. The van der Waals surface area contributed by atoms with E-state index in [1.165, 1.54) is 17.2 Å². The Morgan fingerprint density at radius 2 is 1.85 bits per heavy atom. The van der Waals surface area contributed by atoms with E-state index in [0.717, 1.165) is 42.5 Å². The van der Waals surface area contributed by atoms with Crippen LogP contribution in [0.1, 0.15) is 22.5 Å². The lowest BCUT2D eigenvalue weighted by atomic mass is 10.0. The first-order valence-corrected chi connectivity index (χ1v) is 11.4. The Morgan fingerprint density at radius 3 is 2.44 bits per heavy atom. The molecule has 3 N–H and O–H groups in total. The number of aliphatic carboxylic acids is 1. The molecule has 0 atom stereocenters. The molecule has 0 saturated heterocycles. The summed E-state index contributed by atoms with van der Waals surface area (Å²) in [5.41, 5.74) is 5.81. The fourth-order valence-electron chi connectivity index (χ4n) is 3.74. The van der Waals surface area contributed by atoms with Crippen molar-refractivity contribution in [2.45, 2.75) is 12.6 Å². The number of carboxylic acids is 1. The number of hydrogen-bond acceptors (Lipinski definition) is 7. The summed E-state index contributed by atoms with van der Waals surface area (Å²) in [6.07, 6.45) is 1.98. The number of amides is 1. The number of rotatable bonds is 5. The van der Waals surface area contributed by atoms with Gasteiger partial charge in [-0.1, -0.05) is 18.2 Å². The molecule has 0 unspecified atom stereocenters. The molecule has 1 amide bonds. The van der Waals surface area contributed by atoms with Gasteiger partial charge in [0.1, 0.15) is 10.6 Å². The molecule has 11 nitrogen and oxygen atoms in total. The lowest BCUT2D eigenvalue weighted by Crippen LogP contribution is -2.21. The van der Waals surface area contributed by atoms with Crippen LogP contribution >= 0.6 is 0 Å². The number of imidazole rings is 1. The van der Waals surface area contributed by atoms with Crippen molar-refractivity contribution in [2.75, 3.05) is 18.4 Å². The van der Waals surface area contributed by atoms with E-state index in [1.54, 1.807) is 12.1 Å². The van der Waals surface area contributed by atoms with Crippen molar-refractivity contribution in [1.29, 1.82) is 0 Å². The summed E-state index contributed by atoms with van der Waals surface area (Å²) in [6.45, 7) is 1.87. The van der Waals surface area contributed by atoms with Gasteiger partial charge in [0.05, 0.1) is 18.0 Å². The molecule has 0 fully saturated rings. The average molecular weight is 543 g/mol. The van der Waals surface area contributed by atoms with E-state index < -0.39 is 28.9 Å². The number of benzene rings is 1. The number of fused-ring (bicyclic) bond motifs is 1. The predicted molar refractivity (Wildman–Crippen MR) is 133 cm³/mol. The second-order valence-electron chi connectivity index (χ2n) is 8.20. The van der Waals surface area contributed by atoms with E-state index in [4.69, 9.17) is 14.3 Å². The van der Waals surface area contributed by atoms with Gasteiger partial charge in [-0.3, -0.25) is 19.3 Å². The quantitative estimate of drug-likeness (QED) is 0.241. The summed E-state index contributed by atoms with van der Waals surface area (Å²) in [4.78, 5) is 35.7. The Labute approximate surface area is 217 Å². The van der Waals surface area contributed by atoms with Gasteiger partial charge in [0.15, 0.2) is 5.76 Å². The molecule has 0 bridgehead atoms. The Bertz CT molecular complexity index is 1560. The Balaban J connectivity index is 0.000000448. The van der Waals surface area contributed by atoms with E-state index in [9.17, 15) is 28.1 Å². The predicted octanol–water partition coefficient (Wildman–Crippen LogP) is 4.76. The first kappa shape index (κ1) is 27.1. The zero-order chi connectivity index (χ0) is 28.2. The molecule has 202 valence electrons. The molecule has 4 heterocycles. The van der Waals surface area contributed by atoms with Crippen molar-refractivity contribution >= 4 is 34.7 Å². The van der Waals surface area contributed by atoms with Crippen LogP contribution in [-0.4, -0.2) is 50.6 Å². The summed E-state index contributed by atoms with van der Waals surface area (Å²) >= 11 is 0. The molecule has 39 heavy (non-hydrogen) atoms. The van der Waals surface area contributed by atoms with Crippen molar-refractivity contribution < 1.29 is 37.2 Å². The highest BCUT2D eigenvalue weighted by Gasteiger charge is 2.38. The highest BCUT2D eigenvalue weighted by Crippen LogP contribution is 2.26. The number of halogens is 3. The highest BCUT2D eigenvalue weighted by molar-refractivity contribution is 6.02. The van der Waals surface area contributed by atoms with E-state index in [0.29, 0.717) is 5.69 Å². The number of nitrogens with one attached hydrogen (secondary N) is 2. The molecule has 0 spiro atoms. The van der Waals surface area contributed by atoms with Gasteiger partial charge in [-0.2, -0.15) is 13.2 Å². The van der Waals surface area contributed by atoms with Crippen LogP contribution in [-0.2, 0) is 4.79 Å². The van der Waals surface area contributed by atoms with Crippen molar-refractivity contribution in [1.82, 2.24) is 14.7 Å². The molecular weight excluding hydrogens is 523 g/mol. The van der Waals surface area contributed by atoms with Gasteiger partial charge in [0.2, 0.25) is 0 Å². The number of anilines is 1. The van der Waals surface area contributed by atoms with Crippen LogP contribution < -0.4 is 10.6 Å². The van der Waals surface area contributed by atoms with E-state index >= 15 is 0 Å².